The molecule has 160 valence electrons. The Kier molecular flexibility index (Phi) is 5.30. The summed E-state index contributed by atoms with van der Waals surface area (Å²) in [6, 6.07) is 1.99. The Morgan fingerprint density at radius 2 is 2.10 bits per heavy atom. The lowest BCUT2D eigenvalue weighted by atomic mass is 9.90. The fourth-order valence-electron chi connectivity index (χ4n) is 4.40. The van der Waals surface area contributed by atoms with Gasteiger partial charge in [0.25, 0.3) is 0 Å². The van der Waals surface area contributed by atoms with Gasteiger partial charge < -0.3 is 10.4 Å². The second-order valence-corrected chi connectivity index (χ2v) is 10.5. The average Bonchev–Trinajstić information content (AvgIpc) is 3.31. The van der Waals surface area contributed by atoms with Crippen LogP contribution in [0.5, 0.6) is 0 Å². The van der Waals surface area contributed by atoms with Gasteiger partial charge in [0.2, 0.25) is 10.0 Å². The molecule has 2 aliphatic heterocycles. The highest BCUT2D eigenvalue weighted by molar-refractivity contribution is 7.88. The van der Waals surface area contributed by atoms with Gasteiger partial charge in [-0.3, -0.25) is 4.90 Å². The predicted octanol–water partition coefficient (Wildman–Crippen LogP) is 2.04. The second kappa shape index (κ2) is 7.50. The van der Waals surface area contributed by atoms with Crippen LogP contribution in [-0.4, -0.2) is 66.0 Å². The summed E-state index contributed by atoms with van der Waals surface area (Å²) >= 11 is 0. The monoisotopic (exact) mass is 424 g/mol. The van der Waals surface area contributed by atoms with Crippen LogP contribution in [0.4, 0.5) is 10.1 Å². The molecule has 2 aromatic rings. The van der Waals surface area contributed by atoms with Crippen molar-refractivity contribution in [1.82, 2.24) is 24.6 Å². The zero-order valence-corrected chi connectivity index (χ0v) is 17.9. The van der Waals surface area contributed by atoms with Gasteiger partial charge in [-0.15, -0.1) is 0 Å². The maximum absolute atomic E-state index is 13.4. The number of hydrogen-bond acceptors (Lipinski definition) is 6. The van der Waals surface area contributed by atoms with Crippen LogP contribution < -0.4 is 10.1 Å². The third-order valence-corrected chi connectivity index (χ3v) is 6.80. The number of alkyl halides is 1. The van der Waals surface area contributed by atoms with E-state index in [1.54, 1.807) is 6.20 Å². The molecular formula is C19H29FN6O2S. The van der Waals surface area contributed by atoms with Crippen molar-refractivity contribution in [2.45, 2.75) is 44.9 Å². The lowest BCUT2D eigenvalue weighted by Gasteiger charge is -2.44. The van der Waals surface area contributed by atoms with Crippen molar-refractivity contribution in [3.8, 4) is 0 Å². The van der Waals surface area contributed by atoms with E-state index in [2.05, 4.69) is 25.0 Å². The van der Waals surface area contributed by atoms with E-state index < -0.39 is 22.2 Å². The standard InChI is InChI=1S/C19H29FN6O2S/c1-19(2,12-20)25-8-5-13(6-9-25)18(24-29(3,27)28)26-11-15-14-4-7-21-17(14)22-10-16(15)23-26/h4,7,10,13,18,23-24H,5-6,8-9,11-12H2,1-3H3,(H,21,22). The smallest absolute Gasteiger partial charge is 0.210 e. The minimum atomic E-state index is -3.40. The molecule has 29 heavy (non-hydrogen) atoms. The molecule has 1 fully saturated rings. The number of hydrazine groups is 1. The van der Waals surface area contributed by atoms with Gasteiger partial charge in [0.1, 0.15) is 12.3 Å². The van der Waals surface area contributed by atoms with Crippen LogP contribution in [0.15, 0.2) is 18.5 Å². The van der Waals surface area contributed by atoms with Gasteiger partial charge in [0.05, 0.1) is 24.3 Å². The van der Waals surface area contributed by atoms with E-state index in [-0.39, 0.29) is 12.1 Å². The van der Waals surface area contributed by atoms with Gasteiger partial charge in [0.15, 0.2) is 0 Å². The molecule has 2 aliphatic rings. The van der Waals surface area contributed by atoms with Gasteiger partial charge in [-0.2, -0.15) is 4.72 Å². The van der Waals surface area contributed by atoms with Gasteiger partial charge in [-0.05, 0) is 51.8 Å². The van der Waals surface area contributed by atoms with E-state index >= 15 is 0 Å². The van der Waals surface area contributed by atoms with Gasteiger partial charge in [0, 0.05) is 29.2 Å². The van der Waals surface area contributed by atoms with Crippen molar-refractivity contribution >= 4 is 26.7 Å². The second-order valence-electron chi connectivity index (χ2n) is 8.74. The van der Waals surface area contributed by atoms with Crippen molar-refractivity contribution in [3.05, 3.63) is 24.0 Å². The van der Waals surface area contributed by atoms with Gasteiger partial charge >= 0.3 is 0 Å². The van der Waals surface area contributed by atoms with Crippen LogP contribution in [0, 0.1) is 5.92 Å². The molecule has 1 saturated heterocycles. The molecule has 10 heteroatoms. The zero-order chi connectivity index (χ0) is 20.8. The molecule has 4 heterocycles. The Labute approximate surface area is 170 Å². The molecular weight excluding hydrogens is 395 g/mol. The van der Waals surface area contributed by atoms with Crippen LogP contribution in [0.1, 0.15) is 32.3 Å². The number of pyridine rings is 1. The number of H-pyrrole nitrogens is 1. The summed E-state index contributed by atoms with van der Waals surface area (Å²) in [5.41, 5.74) is 5.68. The number of rotatable bonds is 6. The molecule has 0 radical (unpaired) electrons. The maximum atomic E-state index is 13.4. The summed E-state index contributed by atoms with van der Waals surface area (Å²) in [6.45, 7) is 5.49. The van der Waals surface area contributed by atoms with E-state index in [1.807, 2.05) is 31.1 Å². The van der Waals surface area contributed by atoms with Crippen molar-refractivity contribution in [3.63, 3.8) is 0 Å². The molecule has 2 aromatic heterocycles. The Bertz CT molecular complexity index is 984. The van der Waals surface area contributed by atoms with E-state index in [0.29, 0.717) is 6.54 Å². The molecule has 1 unspecified atom stereocenters. The zero-order valence-electron chi connectivity index (χ0n) is 17.1. The first-order valence-electron chi connectivity index (χ1n) is 9.94. The van der Waals surface area contributed by atoms with E-state index in [9.17, 15) is 12.8 Å². The maximum Gasteiger partial charge on any atom is 0.210 e. The van der Waals surface area contributed by atoms with Crippen LogP contribution in [0.25, 0.3) is 11.0 Å². The number of fused-ring (bicyclic) bond motifs is 3. The molecule has 0 aromatic carbocycles. The Hall–Kier alpha value is -1.75. The number of anilines is 1. The highest BCUT2D eigenvalue weighted by atomic mass is 32.2. The SMILES string of the molecule is CC(C)(CF)N1CCC(C(NS(C)(=O)=O)N2Cc3c(cnc4[nH]ccc34)N2)CC1. The predicted molar refractivity (Wildman–Crippen MR) is 111 cm³/mol. The lowest BCUT2D eigenvalue weighted by molar-refractivity contribution is 0.0308. The highest BCUT2D eigenvalue weighted by Crippen LogP contribution is 2.35. The quantitative estimate of drug-likeness (QED) is 0.657. The molecule has 0 spiro atoms. The van der Waals surface area contributed by atoms with Crippen LogP contribution in [0.2, 0.25) is 0 Å². The molecule has 8 nitrogen and oxygen atoms in total. The van der Waals surface area contributed by atoms with Gasteiger partial charge in [-0.1, -0.05) is 0 Å². The number of nitrogens with one attached hydrogen (secondary N) is 3. The number of sulfonamides is 1. The van der Waals surface area contributed by atoms with E-state index in [4.69, 9.17) is 0 Å². The molecule has 0 bridgehead atoms. The number of halogens is 1. The summed E-state index contributed by atoms with van der Waals surface area (Å²) in [4.78, 5) is 9.68. The molecule has 0 aliphatic carbocycles. The fourth-order valence-corrected chi connectivity index (χ4v) is 5.16. The van der Waals surface area contributed by atoms with Crippen LogP contribution >= 0.6 is 0 Å². The lowest BCUT2D eigenvalue weighted by Crippen LogP contribution is -2.57. The van der Waals surface area contributed by atoms with Crippen LogP contribution in [-0.2, 0) is 16.6 Å². The normalized spacial score (nSPS) is 20.7. The Morgan fingerprint density at radius 1 is 1.38 bits per heavy atom. The number of aromatic amines is 1. The van der Waals surface area contributed by atoms with Crippen molar-refractivity contribution in [2.75, 3.05) is 31.4 Å². The molecule has 0 saturated carbocycles. The first kappa shape index (κ1) is 20.5. The molecule has 0 amide bonds. The molecule has 3 N–H and O–H groups in total. The Morgan fingerprint density at radius 3 is 2.76 bits per heavy atom. The average molecular weight is 425 g/mol. The molecule has 1 atom stereocenters. The highest BCUT2D eigenvalue weighted by Gasteiger charge is 2.38. The van der Waals surface area contributed by atoms with Crippen molar-refractivity contribution in [1.29, 1.82) is 0 Å². The first-order chi connectivity index (χ1) is 13.7. The first-order valence-corrected chi connectivity index (χ1v) is 11.8. The third-order valence-electron chi connectivity index (χ3n) is 6.13. The number of aromatic nitrogens is 2. The summed E-state index contributed by atoms with van der Waals surface area (Å²) in [5.74, 6) is 0.118. The van der Waals surface area contributed by atoms with Crippen molar-refractivity contribution in [2.24, 2.45) is 5.92 Å². The van der Waals surface area contributed by atoms with E-state index in [1.165, 1.54) is 6.26 Å². The fraction of sp³-hybridized carbons (Fsp3) is 0.632. The summed E-state index contributed by atoms with van der Waals surface area (Å²) in [5, 5.41) is 3.00. The van der Waals surface area contributed by atoms with Gasteiger partial charge in [-0.25, -0.2) is 22.8 Å². The summed E-state index contributed by atoms with van der Waals surface area (Å²) in [6.07, 6.45) is 6.03. The topological polar surface area (TPSA) is 93.4 Å². The summed E-state index contributed by atoms with van der Waals surface area (Å²) in [7, 11) is -3.40. The summed E-state index contributed by atoms with van der Waals surface area (Å²) < 4.78 is 40.4. The number of nitrogens with zero attached hydrogens (tertiary/aromatic N) is 3. The minimum Gasteiger partial charge on any atom is -0.346 e. The Balaban J connectivity index is 1.54. The van der Waals surface area contributed by atoms with Crippen molar-refractivity contribution < 1.29 is 12.8 Å². The number of likely N-dealkylation sites (tertiary alicyclic amines) is 1. The molecule has 4 rings (SSSR count). The number of hydrogen-bond donors (Lipinski definition) is 3. The largest absolute Gasteiger partial charge is 0.346 e. The van der Waals surface area contributed by atoms with E-state index in [0.717, 1.165) is 48.2 Å². The third kappa shape index (κ3) is 4.11. The number of piperidine rings is 1. The minimum absolute atomic E-state index is 0.118. The van der Waals surface area contributed by atoms with Crippen LogP contribution in [0.3, 0.4) is 0 Å².